The lowest BCUT2D eigenvalue weighted by Gasteiger charge is -2.15. The van der Waals surface area contributed by atoms with Gasteiger partial charge in [-0.25, -0.2) is 9.97 Å². The fourth-order valence-corrected chi connectivity index (χ4v) is 3.20. The molecule has 0 bridgehead atoms. The van der Waals surface area contributed by atoms with E-state index in [9.17, 15) is 0 Å². The molecule has 0 aromatic carbocycles. The van der Waals surface area contributed by atoms with Crippen LogP contribution in [0.15, 0.2) is 0 Å². The van der Waals surface area contributed by atoms with E-state index in [0.717, 1.165) is 47.8 Å². The van der Waals surface area contributed by atoms with E-state index in [4.69, 9.17) is 9.97 Å². The summed E-state index contributed by atoms with van der Waals surface area (Å²) in [6, 6.07) is 0.554. The molecule has 21 heavy (non-hydrogen) atoms. The van der Waals surface area contributed by atoms with Crippen LogP contribution in [0.3, 0.4) is 0 Å². The van der Waals surface area contributed by atoms with Gasteiger partial charge in [-0.2, -0.15) is 5.10 Å². The molecule has 1 saturated carbocycles. The molecule has 5 nitrogen and oxygen atoms in total. The van der Waals surface area contributed by atoms with Crippen LogP contribution in [0.5, 0.6) is 0 Å². The highest BCUT2D eigenvalue weighted by molar-refractivity contribution is 5.87. The summed E-state index contributed by atoms with van der Waals surface area (Å²) in [5.41, 5.74) is 3.08. The van der Waals surface area contributed by atoms with Gasteiger partial charge >= 0.3 is 0 Å². The molecular weight excluding hydrogens is 262 g/mol. The van der Waals surface area contributed by atoms with Crippen molar-refractivity contribution >= 4 is 16.9 Å². The lowest BCUT2D eigenvalue weighted by molar-refractivity contribution is 0.673. The highest BCUT2D eigenvalue weighted by atomic mass is 15.3. The summed E-state index contributed by atoms with van der Waals surface area (Å²) < 4.78 is 2.03. The average Bonchev–Trinajstić information content (AvgIpc) is 3.08. The molecule has 2 aromatic rings. The number of anilines is 1. The van der Waals surface area contributed by atoms with Crippen LogP contribution in [0, 0.1) is 6.92 Å². The van der Waals surface area contributed by atoms with Crippen molar-refractivity contribution in [1.82, 2.24) is 19.7 Å². The highest BCUT2D eigenvalue weighted by Crippen LogP contribution is 2.27. The largest absolute Gasteiger partial charge is 0.365 e. The number of aromatic nitrogens is 4. The van der Waals surface area contributed by atoms with Gasteiger partial charge in [0, 0.05) is 19.0 Å². The van der Waals surface area contributed by atoms with Gasteiger partial charge in [0.25, 0.3) is 0 Å². The third-order valence-electron chi connectivity index (χ3n) is 4.27. The quantitative estimate of drug-likeness (QED) is 0.915. The molecule has 1 aliphatic carbocycles. The normalized spacial score (nSPS) is 16.0. The maximum Gasteiger partial charge on any atom is 0.156 e. The lowest BCUT2D eigenvalue weighted by Crippen LogP contribution is -2.17. The maximum absolute atomic E-state index is 4.79. The average molecular weight is 287 g/mol. The summed E-state index contributed by atoms with van der Waals surface area (Å²) in [6.45, 7) is 7.17. The van der Waals surface area contributed by atoms with Crippen LogP contribution < -0.4 is 5.32 Å². The molecule has 1 fully saturated rings. The summed E-state index contributed by atoms with van der Waals surface area (Å²) in [5, 5.41) is 8.28. The topological polar surface area (TPSA) is 55.6 Å². The molecule has 3 rings (SSSR count). The van der Waals surface area contributed by atoms with Crippen LogP contribution >= 0.6 is 0 Å². The van der Waals surface area contributed by atoms with Gasteiger partial charge in [0.05, 0.1) is 5.69 Å². The van der Waals surface area contributed by atoms with Crippen molar-refractivity contribution in [1.29, 1.82) is 0 Å². The molecule has 0 saturated heterocycles. The third kappa shape index (κ3) is 2.74. The Morgan fingerprint density at radius 3 is 2.62 bits per heavy atom. The Kier molecular flexibility index (Phi) is 4.08. The number of hydrogen-bond acceptors (Lipinski definition) is 4. The second kappa shape index (κ2) is 6.00. The first-order valence-electron chi connectivity index (χ1n) is 8.23. The Bertz CT molecular complexity index is 625. The number of rotatable bonds is 5. The Balaban J connectivity index is 2.08. The van der Waals surface area contributed by atoms with Crippen LogP contribution in [-0.4, -0.2) is 25.8 Å². The second-order valence-corrected chi connectivity index (χ2v) is 5.96. The van der Waals surface area contributed by atoms with Crippen molar-refractivity contribution in [2.75, 3.05) is 5.32 Å². The molecule has 2 heterocycles. The molecular formula is C16H25N5. The Labute approximate surface area is 126 Å². The minimum Gasteiger partial charge on any atom is -0.365 e. The zero-order chi connectivity index (χ0) is 14.8. The van der Waals surface area contributed by atoms with Crippen LogP contribution in [0.2, 0.25) is 0 Å². The van der Waals surface area contributed by atoms with Gasteiger partial charge in [0.15, 0.2) is 5.82 Å². The first-order chi connectivity index (χ1) is 10.2. The standard InChI is InChI=1S/C16H25N5/c1-4-8-13-18-14-11(3)20-21(5-2)15(14)16(19-13)17-12-9-6-7-10-12/h12H,4-10H2,1-3H3,(H,17,18,19). The minimum atomic E-state index is 0.554. The molecule has 0 unspecified atom stereocenters. The molecule has 1 aliphatic rings. The molecule has 0 radical (unpaired) electrons. The zero-order valence-corrected chi connectivity index (χ0v) is 13.3. The summed E-state index contributed by atoms with van der Waals surface area (Å²) in [6.07, 6.45) is 7.11. The van der Waals surface area contributed by atoms with Gasteiger partial charge in [-0.05, 0) is 33.1 Å². The maximum atomic E-state index is 4.79. The van der Waals surface area contributed by atoms with Gasteiger partial charge in [-0.15, -0.1) is 0 Å². The van der Waals surface area contributed by atoms with Crippen LogP contribution in [0.25, 0.3) is 11.0 Å². The molecule has 0 aliphatic heterocycles. The summed E-state index contributed by atoms with van der Waals surface area (Å²) >= 11 is 0. The minimum absolute atomic E-state index is 0.554. The molecule has 114 valence electrons. The summed E-state index contributed by atoms with van der Waals surface area (Å²) in [4.78, 5) is 9.53. The monoisotopic (exact) mass is 287 g/mol. The molecule has 5 heteroatoms. The van der Waals surface area contributed by atoms with E-state index in [1.807, 2.05) is 11.6 Å². The smallest absolute Gasteiger partial charge is 0.156 e. The molecule has 0 amide bonds. The third-order valence-corrected chi connectivity index (χ3v) is 4.27. The van der Waals surface area contributed by atoms with Gasteiger partial charge in [-0.3, -0.25) is 4.68 Å². The van der Waals surface area contributed by atoms with Gasteiger partial charge in [0.1, 0.15) is 16.9 Å². The number of fused-ring (bicyclic) bond motifs is 1. The lowest BCUT2D eigenvalue weighted by atomic mass is 10.2. The van der Waals surface area contributed by atoms with Crippen LogP contribution in [0.4, 0.5) is 5.82 Å². The van der Waals surface area contributed by atoms with Gasteiger partial charge in [0.2, 0.25) is 0 Å². The summed E-state index contributed by atoms with van der Waals surface area (Å²) in [7, 11) is 0. The van der Waals surface area contributed by atoms with Crippen LogP contribution in [-0.2, 0) is 13.0 Å². The van der Waals surface area contributed by atoms with E-state index in [1.165, 1.54) is 25.7 Å². The van der Waals surface area contributed by atoms with Crippen molar-refractivity contribution in [2.45, 2.75) is 71.9 Å². The molecule has 2 aromatic heterocycles. The van der Waals surface area contributed by atoms with Crippen molar-refractivity contribution in [3.8, 4) is 0 Å². The fourth-order valence-electron chi connectivity index (χ4n) is 3.20. The number of nitrogens with zero attached hydrogens (tertiary/aromatic N) is 4. The number of nitrogens with one attached hydrogen (secondary N) is 1. The number of hydrogen-bond donors (Lipinski definition) is 1. The Hall–Kier alpha value is -1.65. The first-order valence-corrected chi connectivity index (χ1v) is 8.23. The predicted molar refractivity (Wildman–Crippen MR) is 85.6 cm³/mol. The van der Waals surface area contributed by atoms with Gasteiger partial charge in [-0.1, -0.05) is 19.8 Å². The number of aryl methyl sites for hydroxylation is 3. The SMILES string of the molecule is CCCc1nc(NC2CCCC2)c2c(n1)c(C)nn2CC. The van der Waals surface area contributed by atoms with E-state index in [1.54, 1.807) is 0 Å². The predicted octanol–water partition coefficient (Wildman–Crippen LogP) is 3.46. The van der Waals surface area contributed by atoms with Crippen molar-refractivity contribution in [3.63, 3.8) is 0 Å². The van der Waals surface area contributed by atoms with Crippen LogP contribution in [0.1, 0.15) is 57.5 Å². The van der Waals surface area contributed by atoms with Crippen molar-refractivity contribution in [2.24, 2.45) is 0 Å². The Morgan fingerprint density at radius 1 is 1.19 bits per heavy atom. The van der Waals surface area contributed by atoms with E-state index >= 15 is 0 Å². The second-order valence-electron chi connectivity index (χ2n) is 5.96. The summed E-state index contributed by atoms with van der Waals surface area (Å²) in [5.74, 6) is 1.92. The first kappa shape index (κ1) is 14.3. The molecule has 0 atom stereocenters. The van der Waals surface area contributed by atoms with E-state index in [2.05, 4.69) is 24.3 Å². The molecule has 0 spiro atoms. The van der Waals surface area contributed by atoms with Gasteiger partial charge < -0.3 is 5.32 Å². The molecule has 1 N–H and O–H groups in total. The van der Waals surface area contributed by atoms with Crippen molar-refractivity contribution < 1.29 is 0 Å². The van der Waals surface area contributed by atoms with E-state index in [0.29, 0.717) is 6.04 Å². The van der Waals surface area contributed by atoms with E-state index < -0.39 is 0 Å². The Morgan fingerprint density at radius 2 is 1.95 bits per heavy atom. The fraction of sp³-hybridized carbons (Fsp3) is 0.688. The van der Waals surface area contributed by atoms with E-state index in [-0.39, 0.29) is 0 Å². The highest BCUT2D eigenvalue weighted by Gasteiger charge is 2.20. The zero-order valence-electron chi connectivity index (χ0n) is 13.3. The van der Waals surface area contributed by atoms with Crippen molar-refractivity contribution in [3.05, 3.63) is 11.5 Å².